The summed E-state index contributed by atoms with van der Waals surface area (Å²) >= 11 is 0. The second kappa shape index (κ2) is 8.99. The van der Waals surface area contributed by atoms with Crippen LogP contribution in [0.5, 0.6) is 0 Å². The van der Waals surface area contributed by atoms with Gasteiger partial charge in [0, 0.05) is 30.6 Å². The lowest BCUT2D eigenvalue weighted by Crippen LogP contribution is -2.43. The molecule has 2 fully saturated rings. The Labute approximate surface area is 196 Å². The highest BCUT2D eigenvalue weighted by Crippen LogP contribution is 2.50. The maximum atomic E-state index is 14.1. The average molecular weight is 493 g/mol. The minimum Gasteiger partial charge on any atom is -0.337 e. The zero-order valence-electron chi connectivity index (χ0n) is 18.2. The van der Waals surface area contributed by atoms with Crippen LogP contribution in [0, 0.1) is 35.0 Å². The molecule has 1 aliphatic carbocycles. The lowest BCUT2D eigenvalue weighted by Gasteiger charge is -2.33. The molecule has 1 saturated carbocycles. The molecule has 2 aromatic heterocycles. The molecule has 1 saturated heterocycles. The van der Waals surface area contributed by atoms with E-state index >= 15 is 0 Å². The van der Waals surface area contributed by atoms with Crippen molar-refractivity contribution in [1.29, 1.82) is 0 Å². The third kappa shape index (κ3) is 4.38. The van der Waals surface area contributed by atoms with Gasteiger partial charge in [0.25, 0.3) is 0 Å². The SMILES string of the molecule is N[C@@H](CC(=O)N1C2CCC(C2)[C@H]1c1nc(-c2ncc(F)cc2F)no1)Cc1cc(F)c(F)cc1F. The van der Waals surface area contributed by atoms with Crippen LogP contribution in [0.1, 0.15) is 43.2 Å². The first-order valence-corrected chi connectivity index (χ1v) is 11.1. The van der Waals surface area contributed by atoms with Crippen molar-refractivity contribution in [2.45, 2.75) is 50.2 Å². The molecule has 2 N–H and O–H groups in total. The van der Waals surface area contributed by atoms with Crippen LogP contribution >= 0.6 is 0 Å². The average Bonchev–Trinajstić information content (AvgIpc) is 3.53. The molecule has 35 heavy (non-hydrogen) atoms. The van der Waals surface area contributed by atoms with Gasteiger partial charge in [-0.1, -0.05) is 5.16 Å². The lowest BCUT2D eigenvalue weighted by molar-refractivity contribution is -0.136. The van der Waals surface area contributed by atoms with Gasteiger partial charge in [0.1, 0.15) is 23.4 Å². The number of hydrogen-bond acceptors (Lipinski definition) is 6. The van der Waals surface area contributed by atoms with E-state index in [1.54, 1.807) is 4.90 Å². The van der Waals surface area contributed by atoms with Crippen molar-refractivity contribution in [3.63, 3.8) is 0 Å². The zero-order valence-corrected chi connectivity index (χ0v) is 18.2. The first-order chi connectivity index (χ1) is 16.7. The smallest absolute Gasteiger partial charge is 0.250 e. The number of hydrogen-bond donors (Lipinski definition) is 1. The molecule has 1 aromatic carbocycles. The van der Waals surface area contributed by atoms with E-state index in [1.165, 1.54) is 0 Å². The van der Waals surface area contributed by atoms with Crippen LogP contribution < -0.4 is 5.73 Å². The monoisotopic (exact) mass is 493 g/mol. The number of piperidine rings is 1. The molecule has 3 aromatic rings. The predicted molar refractivity (Wildman–Crippen MR) is 111 cm³/mol. The molecule has 7 nitrogen and oxygen atoms in total. The Morgan fingerprint density at radius 3 is 2.63 bits per heavy atom. The van der Waals surface area contributed by atoms with Crippen molar-refractivity contribution in [3.8, 4) is 11.5 Å². The largest absolute Gasteiger partial charge is 0.337 e. The first kappa shape index (κ1) is 23.3. The van der Waals surface area contributed by atoms with E-state index in [1.807, 2.05) is 0 Å². The highest BCUT2D eigenvalue weighted by Gasteiger charge is 2.51. The van der Waals surface area contributed by atoms with Crippen LogP contribution in [-0.2, 0) is 11.2 Å². The third-order valence-electron chi connectivity index (χ3n) is 6.60. The fraction of sp³-hybridized carbons (Fsp3) is 0.391. The van der Waals surface area contributed by atoms with Crippen LogP contribution in [0.15, 0.2) is 28.9 Å². The molecule has 4 atom stereocenters. The van der Waals surface area contributed by atoms with Crippen LogP contribution in [0.3, 0.4) is 0 Å². The van der Waals surface area contributed by atoms with E-state index < -0.39 is 41.2 Å². The maximum absolute atomic E-state index is 14.1. The summed E-state index contributed by atoms with van der Waals surface area (Å²) in [5.41, 5.74) is 5.65. The Hall–Kier alpha value is -3.41. The molecule has 1 aliphatic heterocycles. The second-order valence-corrected chi connectivity index (χ2v) is 8.94. The number of fused-ring (bicyclic) bond motifs is 2. The van der Waals surface area contributed by atoms with Gasteiger partial charge in [0.2, 0.25) is 17.6 Å². The van der Waals surface area contributed by atoms with Crippen LogP contribution in [0.2, 0.25) is 0 Å². The van der Waals surface area contributed by atoms with Gasteiger partial charge in [-0.05, 0) is 43.2 Å². The van der Waals surface area contributed by atoms with Crippen molar-refractivity contribution >= 4 is 5.91 Å². The van der Waals surface area contributed by atoms with Gasteiger partial charge in [-0.25, -0.2) is 26.9 Å². The first-order valence-electron chi connectivity index (χ1n) is 11.1. The summed E-state index contributed by atoms with van der Waals surface area (Å²) in [6.45, 7) is 0. The number of pyridine rings is 1. The summed E-state index contributed by atoms with van der Waals surface area (Å²) in [7, 11) is 0. The molecule has 1 amide bonds. The highest BCUT2D eigenvalue weighted by atomic mass is 19.2. The van der Waals surface area contributed by atoms with Gasteiger partial charge in [-0.2, -0.15) is 4.98 Å². The van der Waals surface area contributed by atoms with Gasteiger partial charge in [-0.15, -0.1) is 0 Å². The quantitative estimate of drug-likeness (QED) is 0.414. The van der Waals surface area contributed by atoms with Gasteiger partial charge in [0.05, 0.1) is 6.20 Å². The van der Waals surface area contributed by atoms with E-state index in [-0.39, 0.29) is 53.7 Å². The van der Waals surface area contributed by atoms with Crippen LogP contribution in [-0.4, -0.2) is 38.0 Å². The van der Waals surface area contributed by atoms with Crippen LogP contribution in [0.25, 0.3) is 11.5 Å². The number of halogens is 5. The number of benzene rings is 1. The third-order valence-corrected chi connectivity index (χ3v) is 6.60. The molecule has 12 heteroatoms. The van der Waals surface area contributed by atoms with Crippen molar-refractivity contribution in [2.75, 3.05) is 0 Å². The number of carbonyl (C=O) groups is 1. The standard InChI is InChI=1S/C23H20F5N5O2/c24-12-6-18(28)20(30-9-12)22-31-23(35-32-22)21-10-1-2-14(4-10)33(21)19(34)7-13(29)3-11-5-16(26)17(27)8-15(11)25/h5-6,8-10,13-14,21H,1-4,7,29H2/t10?,13-,14?,21+/m1/s1. The molecule has 3 heterocycles. The van der Waals surface area contributed by atoms with E-state index in [0.29, 0.717) is 18.6 Å². The molecule has 2 unspecified atom stereocenters. The summed E-state index contributed by atoms with van der Waals surface area (Å²) in [6.07, 6.45) is 2.80. The summed E-state index contributed by atoms with van der Waals surface area (Å²) in [4.78, 5) is 22.7. The maximum Gasteiger partial charge on any atom is 0.250 e. The van der Waals surface area contributed by atoms with E-state index in [9.17, 15) is 26.7 Å². The summed E-state index contributed by atoms with van der Waals surface area (Å²) in [5, 5.41) is 3.76. The number of rotatable bonds is 6. The Morgan fingerprint density at radius 1 is 1.09 bits per heavy atom. The predicted octanol–water partition coefficient (Wildman–Crippen LogP) is 3.84. The molecule has 2 aliphatic rings. The number of carbonyl (C=O) groups excluding carboxylic acids is 1. The number of amides is 1. The van der Waals surface area contributed by atoms with Crippen molar-refractivity contribution in [1.82, 2.24) is 20.0 Å². The zero-order chi connectivity index (χ0) is 24.9. The van der Waals surface area contributed by atoms with Gasteiger partial charge >= 0.3 is 0 Å². The lowest BCUT2D eigenvalue weighted by atomic mass is 9.97. The molecule has 5 rings (SSSR count). The van der Waals surface area contributed by atoms with Gasteiger partial charge < -0.3 is 15.2 Å². The number of nitrogens with two attached hydrogens (primary N) is 1. The summed E-state index contributed by atoms with van der Waals surface area (Å²) in [6, 6.07) is 0.346. The molecular formula is C23H20F5N5O2. The fourth-order valence-corrected chi connectivity index (χ4v) is 5.10. The van der Waals surface area contributed by atoms with Gasteiger partial charge in [-0.3, -0.25) is 4.79 Å². The van der Waals surface area contributed by atoms with E-state index in [0.717, 1.165) is 25.1 Å². The minimum absolute atomic E-state index is 0.0446. The normalized spacial score (nSPS) is 22.1. The van der Waals surface area contributed by atoms with Crippen molar-refractivity contribution < 1.29 is 31.3 Å². The van der Waals surface area contributed by atoms with Crippen molar-refractivity contribution in [2.24, 2.45) is 11.7 Å². The molecular weight excluding hydrogens is 473 g/mol. The molecule has 2 bridgehead atoms. The number of aromatic nitrogens is 3. The van der Waals surface area contributed by atoms with Gasteiger partial charge in [0.15, 0.2) is 17.5 Å². The topological polar surface area (TPSA) is 98.1 Å². The highest BCUT2D eigenvalue weighted by molar-refractivity contribution is 5.78. The Morgan fingerprint density at radius 2 is 1.86 bits per heavy atom. The summed E-state index contributed by atoms with van der Waals surface area (Å²) < 4.78 is 73.3. The molecule has 184 valence electrons. The Bertz CT molecular complexity index is 1290. The molecule has 0 spiro atoms. The Balaban J connectivity index is 1.33. The number of likely N-dealkylation sites (tertiary alicyclic amines) is 1. The fourth-order valence-electron chi connectivity index (χ4n) is 5.10. The minimum atomic E-state index is -1.30. The Kier molecular flexibility index (Phi) is 5.99. The molecule has 0 radical (unpaired) electrons. The number of nitrogens with zero attached hydrogens (tertiary/aromatic N) is 4. The summed E-state index contributed by atoms with van der Waals surface area (Å²) in [5.74, 6) is -5.59. The second-order valence-electron chi connectivity index (χ2n) is 8.94. The van der Waals surface area contributed by atoms with Crippen molar-refractivity contribution in [3.05, 3.63) is 64.9 Å². The van der Waals surface area contributed by atoms with Crippen LogP contribution in [0.4, 0.5) is 22.0 Å². The van der Waals surface area contributed by atoms with E-state index in [4.69, 9.17) is 10.3 Å². The van der Waals surface area contributed by atoms with E-state index in [2.05, 4.69) is 15.1 Å².